The van der Waals surface area contributed by atoms with Crippen molar-refractivity contribution in [3.05, 3.63) is 78.0 Å². The molecular formula is C34H37FN10. The van der Waals surface area contributed by atoms with E-state index in [1.54, 1.807) is 6.20 Å². The second kappa shape index (κ2) is 12.4. The highest BCUT2D eigenvalue weighted by Crippen LogP contribution is 2.32. The van der Waals surface area contributed by atoms with Crippen molar-refractivity contribution < 1.29 is 4.39 Å². The van der Waals surface area contributed by atoms with Crippen molar-refractivity contribution in [1.29, 1.82) is 0 Å². The number of fused-ring (bicyclic) bond motifs is 2. The molecular weight excluding hydrogens is 567 g/mol. The van der Waals surface area contributed by atoms with Crippen molar-refractivity contribution in [3.8, 4) is 33.9 Å². The Morgan fingerprint density at radius 3 is 2.76 bits per heavy atom. The molecule has 5 aromatic heterocycles. The topological polar surface area (TPSA) is 137 Å². The quantitative estimate of drug-likeness (QED) is 0.158. The number of aromatic nitrogens is 7. The molecule has 1 saturated carbocycles. The Balaban J connectivity index is 1.19. The SMILES string of the molecule is CN(C)CC(N)c1cc(F)cc(-c2ccnc3nc(-c4n[nH]c5ccc(-c6cncc(CNCC7CCCC7)c6)nc45)[nH]c23)c1. The summed E-state index contributed by atoms with van der Waals surface area (Å²) in [5, 5.41) is 11.2. The molecule has 0 aliphatic heterocycles. The Morgan fingerprint density at radius 1 is 1.04 bits per heavy atom. The van der Waals surface area contributed by atoms with E-state index in [2.05, 4.69) is 36.5 Å². The molecule has 1 atom stereocenters. The summed E-state index contributed by atoms with van der Waals surface area (Å²) in [7, 11) is 3.89. The third-order valence-electron chi connectivity index (χ3n) is 8.57. The Morgan fingerprint density at radius 2 is 1.91 bits per heavy atom. The van der Waals surface area contributed by atoms with Crippen LogP contribution in [0.3, 0.4) is 0 Å². The molecule has 7 rings (SSSR count). The predicted octanol–water partition coefficient (Wildman–Crippen LogP) is 5.61. The first kappa shape index (κ1) is 29.1. The molecule has 5 heterocycles. The molecule has 1 aromatic carbocycles. The van der Waals surface area contributed by atoms with Gasteiger partial charge in [0.2, 0.25) is 0 Å². The maximum atomic E-state index is 14.8. The van der Waals surface area contributed by atoms with Crippen LogP contribution in [-0.4, -0.2) is 67.2 Å². The van der Waals surface area contributed by atoms with Gasteiger partial charge >= 0.3 is 0 Å². The van der Waals surface area contributed by atoms with E-state index < -0.39 is 0 Å². The van der Waals surface area contributed by atoms with Crippen molar-refractivity contribution in [3.63, 3.8) is 0 Å². The first-order valence-corrected chi connectivity index (χ1v) is 15.5. The number of imidazole rings is 1. The van der Waals surface area contributed by atoms with Gasteiger partial charge < -0.3 is 20.9 Å². The van der Waals surface area contributed by atoms with Crippen LogP contribution in [0.2, 0.25) is 0 Å². The van der Waals surface area contributed by atoms with E-state index in [1.807, 2.05) is 55.7 Å². The van der Waals surface area contributed by atoms with Crippen LogP contribution in [0.5, 0.6) is 0 Å². The maximum Gasteiger partial charge on any atom is 0.178 e. The van der Waals surface area contributed by atoms with E-state index >= 15 is 0 Å². The molecule has 0 bridgehead atoms. The van der Waals surface area contributed by atoms with Crippen LogP contribution in [0.25, 0.3) is 56.1 Å². The average molecular weight is 605 g/mol. The molecule has 0 saturated heterocycles. The monoisotopic (exact) mass is 604 g/mol. The number of nitrogens with two attached hydrogens (primary N) is 1. The first-order chi connectivity index (χ1) is 21.9. The number of aromatic amines is 2. The Labute approximate surface area is 260 Å². The minimum Gasteiger partial charge on any atom is -0.335 e. The molecule has 1 unspecified atom stereocenters. The van der Waals surface area contributed by atoms with Crippen molar-refractivity contribution >= 4 is 22.2 Å². The highest BCUT2D eigenvalue weighted by Gasteiger charge is 2.19. The van der Waals surface area contributed by atoms with Gasteiger partial charge in [-0.2, -0.15) is 5.10 Å². The molecule has 1 aliphatic rings. The molecule has 0 radical (unpaired) electrons. The van der Waals surface area contributed by atoms with Crippen LogP contribution in [0, 0.1) is 11.7 Å². The smallest absolute Gasteiger partial charge is 0.178 e. The van der Waals surface area contributed by atoms with Crippen LogP contribution in [0.1, 0.15) is 42.9 Å². The van der Waals surface area contributed by atoms with Gasteiger partial charge in [-0.1, -0.05) is 12.8 Å². The zero-order valence-electron chi connectivity index (χ0n) is 25.5. The normalized spacial score (nSPS) is 14.7. The van der Waals surface area contributed by atoms with Gasteiger partial charge in [-0.3, -0.25) is 10.1 Å². The summed E-state index contributed by atoms with van der Waals surface area (Å²) in [5.41, 5.74) is 14.7. The Kier molecular flexibility index (Phi) is 8.05. The summed E-state index contributed by atoms with van der Waals surface area (Å²) < 4.78 is 14.8. The summed E-state index contributed by atoms with van der Waals surface area (Å²) in [4.78, 5) is 24.1. The number of rotatable bonds is 10. The molecule has 1 aliphatic carbocycles. The molecule has 0 amide bonds. The van der Waals surface area contributed by atoms with E-state index in [0.29, 0.717) is 40.3 Å². The third kappa shape index (κ3) is 6.19. The minimum atomic E-state index is -0.348. The number of halogens is 1. The van der Waals surface area contributed by atoms with Gasteiger partial charge in [0.1, 0.15) is 11.3 Å². The standard InChI is InChI=1S/C34H37FN10/c1-45(2)19-27(36)23-12-22(13-25(35)14-23)26-9-10-39-33-30(26)41-34(42-33)32-31-29(43-44-32)8-7-28(40-31)24-11-21(17-38-18-24)16-37-15-20-5-3-4-6-20/h7-14,17-18,20,27,37H,3-6,15-16,19,36H2,1-2H3,(H,43,44)(H,39,41,42). The van der Waals surface area contributed by atoms with Gasteiger partial charge in [0.25, 0.3) is 0 Å². The molecule has 11 heteroatoms. The molecule has 45 heavy (non-hydrogen) atoms. The number of hydrogen-bond acceptors (Lipinski definition) is 8. The van der Waals surface area contributed by atoms with Crippen LogP contribution in [0.15, 0.2) is 61.1 Å². The molecule has 10 nitrogen and oxygen atoms in total. The lowest BCUT2D eigenvalue weighted by molar-refractivity contribution is 0.376. The van der Waals surface area contributed by atoms with Crippen LogP contribution < -0.4 is 11.1 Å². The molecule has 1 fully saturated rings. The largest absolute Gasteiger partial charge is 0.335 e. The summed E-state index contributed by atoms with van der Waals surface area (Å²) in [6, 6.07) is 12.5. The highest BCUT2D eigenvalue weighted by molar-refractivity contribution is 5.95. The lowest BCUT2D eigenvalue weighted by Crippen LogP contribution is -2.26. The fraction of sp³-hybridized carbons (Fsp3) is 0.324. The van der Waals surface area contributed by atoms with Crippen molar-refractivity contribution in [2.75, 3.05) is 27.2 Å². The predicted molar refractivity (Wildman–Crippen MR) is 175 cm³/mol. The number of nitrogens with one attached hydrogen (secondary N) is 3. The summed E-state index contributed by atoms with van der Waals surface area (Å²) in [6.07, 6.45) is 10.8. The van der Waals surface area contributed by atoms with Gasteiger partial charge in [-0.15, -0.1) is 0 Å². The van der Waals surface area contributed by atoms with E-state index in [-0.39, 0.29) is 11.9 Å². The van der Waals surface area contributed by atoms with E-state index in [0.717, 1.165) is 52.5 Å². The van der Waals surface area contributed by atoms with E-state index in [1.165, 1.54) is 37.8 Å². The fourth-order valence-electron chi connectivity index (χ4n) is 6.33. The second-order valence-corrected chi connectivity index (χ2v) is 12.3. The summed E-state index contributed by atoms with van der Waals surface area (Å²) >= 11 is 0. The van der Waals surface area contributed by atoms with Crippen LogP contribution in [-0.2, 0) is 6.54 Å². The zero-order valence-corrected chi connectivity index (χ0v) is 25.5. The van der Waals surface area contributed by atoms with Crippen molar-refractivity contribution in [2.24, 2.45) is 11.7 Å². The summed E-state index contributed by atoms with van der Waals surface area (Å²) in [5.74, 6) is 0.955. The number of benzene rings is 1. The lowest BCUT2D eigenvalue weighted by atomic mass is 9.99. The van der Waals surface area contributed by atoms with Crippen molar-refractivity contribution in [1.82, 2.24) is 45.3 Å². The first-order valence-electron chi connectivity index (χ1n) is 15.5. The highest BCUT2D eigenvalue weighted by atomic mass is 19.1. The van der Waals surface area contributed by atoms with Gasteiger partial charge in [-0.05, 0) is 98.6 Å². The Bertz CT molecular complexity index is 1960. The lowest BCUT2D eigenvalue weighted by Gasteiger charge is -2.18. The summed E-state index contributed by atoms with van der Waals surface area (Å²) in [6.45, 7) is 2.42. The average Bonchev–Trinajstić information content (AvgIpc) is 3.80. The van der Waals surface area contributed by atoms with Crippen molar-refractivity contribution in [2.45, 2.75) is 38.3 Å². The number of hydrogen-bond donors (Lipinski definition) is 4. The van der Waals surface area contributed by atoms with Gasteiger partial charge in [0, 0.05) is 48.8 Å². The Hall–Kier alpha value is -4.58. The number of likely N-dealkylation sites (N-methyl/N-ethyl adjacent to an activating group) is 1. The number of nitrogens with zero attached hydrogens (tertiary/aromatic N) is 6. The maximum absolute atomic E-state index is 14.8. The van der Waals surface area contributed by atoms with Gasteiger partial charge in [0.15, 0.2) is 17.2 Å². The van der Waals surface area contributed by atoms with Gasteiger partial charge in [0.05, 0.1) is 16.7 Å². The third-order valence-corrected chi connectivity index (χ3v) is 8.57. The molecule has 230 valence electrons. The second-order valence-electron chi connectivity index (χ2n) is 12.3. The van der Waals surface area contributed by atoms with Crippen LogP contribution >= 0.6 is 0 Å². The number of H-pyrrole nitrogens is 2. The number of pyridine rings is 3. The molecule has 5 N–H and O–H groups in total. The minimum absolute atomic E-state index is 0.330. The zero-order chi connectivity index (χ0) is 30.9. The van der Waals surface area contributed by atoms with Gasteiger partial charge in [-0.25, -0.2) is 19.3 Å². The van der Waals surface area contributed by atoms with E-state index in [9.17, 15) is 4.39 Å². The molecule has 6 aromatic rings. The molecule has 0 spiro atoms. The van der Waals surface area contributed by atoms with Crippen LogP contribution in [0.4, 0.5) is 4.39 Å². The van der Waals surface area contributed by atoms with E-state index in [4.69, 9.17) is 15.7 Å². The fourth-order valence-corrected chi connectivity index (χ4v) is 6.33.